The predicted octanol–water partition coefficient (Wildman–Crippen LogP) is 2.80. The summed E-state index contributed by atoms with van der Waals surface area (Å²) in [7, 11) is 2.18. The highest BCUT2D eigenvalue weighted by atomic mass is 16.5. The molecule has 1 aromatic heterocycles. The number of para-hydroxylation sites is 3. The molecule has 27 heavy (non-hydrogen) atoms. The minimum Gasteiger partial charge on any atom is -0.490 e. The molecule has 6 heteroatoms. The van der Waals surface area contributed by atoms with Gasteiger partial charge in [-0.25, -0.2) is 0 Å². The second kappa shape index (κ2) is 8.41. The molecule has 2 N–H and O–H groups in total. The van der Waals surface area contributed by atoms with Gasteiger partial charge in [-0.05, 0) is 25.2 Å². The first kappa shape index (κ1) is 17.8. The first-order valence-corrected chi connectivity index (χ1v) is 9.58. The second-order valence-electron chi connectivity index (χ2n) is 7.06. The molecule has 2 heterocycles. The van der Waals surface area contributed by atoms with Crippen LogP contribution in [0.15, 0.2) is 48.5 Å². The quantitative estimate of drug-likeness (QED) is 0.674. The van der Waals surface area contributed by atoms with Crippen LogP contribution in [-0.2, 0) is 6.54 Å². The van der Waals surface area contributed by atoms with Gasteiger partial charge in [-0.15, -0.1) is 0 Å². The lowest BCUT2D eigenvalue weighted by Gasteiger charge is -2.32. The highest BCUT2D eigenvalue weighted by molar-refractivity contribution is 5.81. The lowest BCUT2D eigenvalue weighted by atomic mass is 10.2. The van der Waals surface area contributed by atoms with E-state index in [1.807, 2.05) is 36.4 Å². The lowest BCUT2D eigenvalue weighted by Crippen LogP contribution is -2.45. The number of fused-ring (bicyclic) bond motifs is 1. The SMILES string of the molecule is CN1CCN(CCOc2ccccc2NCc2[nH]nc3ccccc23)CC1. The van der Waals surface area contributed by atoms with Gasteiger partial charge in [0.2, 0.25) is 0 Å². The normalized spacial score (nSPS) is 15.9. The Hall–Kier alpha value is -2.57. The fourth-order valence-corrected chi connectivity index (χ4v) is 3.43. The molecule has 0 unspecified atom stereocenters. The van der Waals surface area contributed by atoms with Gasteiger partial charge >= 0.3 is 0 Å². The minimum atomic E-state index is 0.680. The Bertz CT molecular complexity index is 870. The maximum absolute atomic E-state index is 6.08. The zero-order valence-corrected chi connectivity index (χ0v) is 15.8. The van der Waals surface area contributed by atoms with E-state index in [9.17, 15) is 0 Å². The van der Waals surface area contributed by atoms with E-state index in [-0.39, 0.29) is 0 Å². The van der Waals surface area contributed by atoms with E-state index in [4.69, 9.17) is 4.74 Å². The highest BCUT2D eigenvalue weighted by Crippen LogP contribution is 2.25. The van der Waals surface area contributed by atoms with E-state index in [0.717, 1.165) is 60.8 Å². The van der Waals surface area contributed by atoms with Gasteiger partial charge in [0.05, 0.1) is 23.4 Å². The number of rotatable bonds is 7. The summed E-state index contributed by atoms with van der Waals surface area (Å²) in [6.07, 6.45) is 0. The van der Waals surface area contributed by atoms with E-state index < -0.39 is 0 Å². The maximum Gasteiger partial charge on any atom is 0.142 e. The molecule has 1 saturated heterocycles. The van der Waals surface area contributed by atoms with Crippen molar-refractivity contribution >= 4 is 16.6 Å². The number of nitrogens with zero attached hydrogens (tertiary/aromatic N) is 3. The molecule has 1 fully saturated rings. The standard InChI is InChI=1S/C21H27N5O/c1-25-10-12-26(13-11-25)14-15-27-21-9-5-4-8-19(21)22-16-20-17-6-2-3-7-18(17)23-24-20/h2-9,22H,10-16H2,1H3,(H,23,24). The topological polar surface area (TPSA) is 56.4 Å². The summed E-state index contributed by atoms with van der Waals surface area (Å²) in [5.74, 6) is 0.899. The lowest BCUT2D eigenvalue weighted by molar-refractivity contribution is 0.134. The van der Waals surface area contributed by atoms with Crippen molar-refractivity contribution in [3.63, 3.8) is 0 Å². The number of H-pyrrole nitrogens is 1. The van der Waals surface area contributed by atoms with Crippen molar-refractivity contribution in [1.82, 2.24) is 20.0 Å². The smallest absolute Gasteiger partial charge is 0.142 e. The summed E-state index contributed by atoms with van der Waals surface area (Å²) < 4.78 is 6.08. The van der Waals surface area contributed by atoms with E-state index in [2.05, 4.69) is 44.5 Å². The number of ether oxygens (including phenoxy) is 1. The van der Waals surface area contributed by atoms with Crippen molar-refractivity contribution in [2.45, 2.75) is 6.54 Å². The number of aromatic nitrogens is 2. The molecule has 0 atom stereocenters. The Morgan fingerprint density at radius 3 is 2.70 bits per heavy atom. The van der Waals surface area contributed by atoms with Crippen LogP contribution in [0.25, 0.3) is 10.9 Å². The van der Waals surface area contributed by atoms with Crippen molar-refractivity contribution in [3.8, 4) is 5.75 Å². The molecule has 0 saturated carbocycles. The zero-order valence-electron chi connectivity index (χ0n) is 15.8. The van der Waals surface area contributed by atoms with Crippen LogP contribution in [0.1, 0.15) is 5.69 Å². The van der Waals surface area contributed by atoms with Crippen LogP contribution >= 0.6 is 0 Å². The van der Waals surface area contributed by atoms with Crippen molar-refractivity contribution in [2.24, 2.45) is 0 Å². The number of hydrogen-bond donors (Lipinski definition) is 2. The molecular formula is C21H27N5O. The second-order valence-corrected chi connectivity index (χ2v) is 7.06. The summed E-state index contributed by atoms with van der Waals surface area (Å²) in [5.41, 5.74) is 3.08. The van der Waals surface area contributed by atoms with Gasteiger partial charge in [0.1, 0.15) is 12.4 Å². The Kier molecular flexibility index (Phi) is 5.55. The molecule has 1 aliphatic heterocycles. The van der Waals surface area contributed by atoms with Crippen molar-refractivity contribution < 1.29 is 4.74 Å². The number of benzene rings is 2. The van der Waals surface area contributed by atoms with Crippen LogP contribution in [-0.4, -0.2) is 66.4 Å². The minimum absolute atomic E-state index is 0.680. The van der Waals surface area contributed by atoms with E-state index >= 15 is 0 Å². The first-order chi connectivity index (χ1) is 13.3. The fourth-order valence-electron chi connectivity index (χ4n) is 3.43. The molecule has 0 aliphatic carbocycles. The van der Waals surface area contributed by atoms with Gasteiger partial charge in [0.25, 0.3) is 0 Å². The van der Waals surface area contributed by atoms with E-state index in [1.165, 1.54) is 0 Å². The third-order valence-corrected chi connectivity index (χ3v) is 5.14. The zero-order chi connectivity index (χ0) is 18.5. The average Bonchev–Trinajstić information content (AvgIpc) is 3.12. The third kappa shape index (κ3) is 4.40. The molecule has 4 rings (SSSR count). The van der Waals surface area contributed by atoms with Crippen molar-refractivity contribution in [3.05, 3.63) is 54.2 Å². The summed E-state index contributed by atoms with van der Waals surface area (Å²) in [4.78, 5) is 4.84. The molecule has 142 valence electrons. The van der Waals surface area contributed by atoms with Gasteiger partial charge in [-0.3, -0.25) is 10.00 Å². The molecular weight excluding hydrogens is 338 g/mol. The maximum atomic E-state index is 6.08. The van der Waals surface area contributed by atoms with Crippen LogP contribution in [0.5, 0.6) is 5.75 Å². The monoisotopic (exact) mass is 365 g/mol. The van der Waals surface area contributed by atoms with Crippen LogP contribution in [0.3, 0.4) is 0 Å². The van der Waals surface area contributed by atoms with Gasteiger partial charge in [-0.1, -0.05) is 30.3 Å². The Labute approximate surface area is 160 Å². The molecule has 0 amide bonds. The van der Waals surface area contributed by atoms with Gasteiger partial charge in [0.15, 0.2) is 0 Å². The Morgan fingerprint density at radius 2 is 1.81 bits per heavy atom. The molecule has 0 bridgehead atoms. The average molecular weight is 365 g/mol. The van der Waals surface area contributed by atoms with Crippen LogP contribution < -0.4 is 10.1 Å². The van der Waals surface area contributed by atoms with Crippen LogP contribution in [0, 0.1) is 0 Å². The van der Waals surface area contributed by atoms with E-state index in [0.29, 0.717) is 13.2 Å². The Balaban J connectivity index is 1.34. The number of piperazine rings is 1. The molecule has 0 radical (unpaired) electrons. The van der Waals surface area contributed by atoms with Gasteiger partial charge in [0, 0.05) is 38.1 Å². The third-order valence-electron chi connectivity index (χ3n) is 5.14. The van der Waals surface area contributed by atoms with E-state index in [1.54, 1.807) is 0 Å². The summed E-state index contributed by atoms with van der Waals surface area (Å²) in [5, 5.41) is 12.1. The van der Waals surface area contributed by atoms with Crippen molar-refractivity contribution in [1.29, 1.82) is 0 Å². The highest BCUT2D eigenvalue weighted by Gasteiger charge is 2.13. The number of nitrogens with one attached hydrogen (secondary N) is 2. The van der Waals surface area contributed by atoms with Crippen LogP contribution in [0.4, 0.5) is 5.69 Å². The van der Waals surface area contributed by atoms with Crippen molar-refractivity contribution in [2.75, 3.05) is 51.7 Å². The number of anilines is 1. The fraction of sp³-hybridized carbons (Fsp3) is 0.381. The first-order valence-electron chi connectivity index (χ1n) is 9.58. The number of aromatic amines is 1. The van der Waals surface area contributed by atoms with Gasteiger partial charge in [-0.2, -0.15) is 5.10 Å². The summed E-state index contributed by atoms with van der Waals surface area (Å²) in [6.45, 7) is 6.86. The largest absolute Gasteiger partial charge is 0.490 e. The molecule has 6 nitrogen and oxygen atoms in total. The number of hydrogen-bond acceptors (Lipinski definition) is 5. The predicted molar refractivity (Wildman–Crippen MR) is 109 cm³/mol. The van der Waals surface area contributed by atoms with Gasteiger partial charge < -0.3 is 15.0 Å². The molecule has 2 aromatic carbocycles. The number of likely N-dealkylation sites (N-methyl/N-ethyl adjacent to an activating group) is 1. The molecule has 1 aliphatic rings. The molecule has 0 spiro atoms. The summed E-state index contributed by atoms with van der Waals surface area (Å²) >= 11 is 0. The van der Waals surface area contributed by atoms with Crippen LogP contribution in [0.2, 0.25) is 0 Å². The summed E-state index contributed by atoms with van der Waals surface area (Å²) in [6, 6.07) is 16.3. The molecule has 3 aromatic rings. The Morgan fingerprint density at radius 1 is 1.04 bits per heavy atom.